The Hall–Kier alpha value is -1.40. The molecule has 1 heterocycles. The molecule has 4 nitrogen and oxygen atoms in total. The molecule has 0 aliphatic carbocycles. The van der Waals surface area contributed by atoms with E-state index in [0.29, 0.717) is 6.54 Å². The zero-order valence-corrected chi connectivity index (χ0v) is 12.1. The predicted molar refractivity (Wildman–Crippen MR) is 77.9 cm³/mol. The molecule has 0 atom stereocenters. The second kappa shape index (κ2) is 5.97. The lowest BCUT2D eigenvalue weighted by molar-refractivity contribution is -0.114. The number of aromatic nitrogens is 1. The maximum Gasteiger partial charge on any atom is 0.221 e. The Labute approximate surface area is 118 Å². The van der Waals surface area contributed by atoms with Crippen LogP contribution in [-0.2, 0) is 11.3 Å². The molecule has 0 bridgehead atoms. The highest BCUT2D eigenvalue weighted by Crippen LogP contribution is 2.26. The fourth-order valence-corrected chi connectivity index (χ4v) is 2.53. The monoisotopic (exact) mass is 325 g/mol. The van der Waals surface area contributed by atoms with Crippen LogP contribution in [0.3, 0.4) is 0 Å². The molecule has 0 unspecified atom stereocenters. The van der Waals surface area contributed by atoms with Gasteiger partial charge in [-0.05, 0) is 34.1 Å². The Morgan fingerprint density at radius 3 is 2.94 bits per heavy atom. The number of hydrogen-bond donors (Lipinski definition) is 2. The molecule has 0 spiro atoms. The van der Waals surface area contributed by atoms with Gasteiger partial charge in [0.05, 0.1) is 17.7 Å². The largest absolute Gasteiger partial charge is 0.378 e. The van der Waals surface area contributed by atoms with E-state index < -0.39 is 0 Å². The SMILES string of the molecule is CC(=O)Nc1ccc(NCc2cscn2)c(Br)c1. The van der Waals surface area contributed by atoms with Crippen molar-refractivity contribution in [3.05, 3.63) is 39.3 Å². The van der Waals surface area contributed by atoms with Gasteiger partial charge in [0.25, 0.3) is 0 Å². The summed E-state index contributed by atoms with van der Waals surface area (Å²) < 4.78 is 0.906. The number of nitrogens with one attached hydrogen (secondary N) is 2. The van der Waals surface area contributed by atoms with Crippen molar-refractivity contribution in [2.75, 3.05) is 10.6 Å². The van der Waals surface area contributed by atoms with Crippen molar-refractivity contribution in [3.8, 4) is 0 Å². The average molecular weight is 326 g/mol. The molecule has 18 heavy (non-hydrogen) atoms. The van der Waals surface area contributed by atoms with Gasteiger partial charge in [-0.1, -0.05) is 0 Å². The third-order valence-electron chi connectivity index (χ3n) is 2.23. The zero-order chi connectivity index (χ0) is 13.0. The second-order valence-corrected chi connectivity index (χ2v) is 5.28. The van der Waals surface area contributed by atoms with E-state index in [1.807, 2.05) is 29.1 Å². The minimum absolute atomic E-state index is 0.0786. The van der Waals surface area contributed by atoms with Crippen molar-refractivity contribution >= 4 is 44.5 Å². The summed E-state index contributed by atoms with van der Waals surface area (Å²) in [6.45, 7) is 2.17. The third-order valence-corrected chi connectivity index (χ3v) is 3.52. The quantitative estimate of drug-likeness (QED) is 0.904. The van der Waals surface area contributed by atoms with E-state index in [1.54, 1.807) is 11.3 Å². The topological polar surface area (TPSA) is 54.0 Å². The Kier molecular flexibility index (Phi) is 4.33. The number of halogens is 1. The van der Waals surface area contributed by atoms with Crippen molar-refractivity contribution in [2.24, 2.45) is 0 Å². The first kappa shape index (κ1) is 13.0. The van der Waals surface area contributed by atoms with Crippen LogP contribution in [0.1, 0.15) is 12.6 Å². The molecule has 2 N–H and O–H groups in total. The molecule has 94 valence electrons. The minimum Gasteiger partial charge on any atom is -0.378 e. The van der Waals surface area contributed by atoms with Crippen LogP contribution < -0.4 is 10.6 Å². The lowest BCUT2D eigenvalue weighted by Gasteiger charge is -2.09. The van der Waals surface area contributed by atoms with E-state index in [1.165, 1.54) is 6.92 Å². The van der Waals surface area contributed by atoms with Crippen LogP contribution >= 0.6 is 27.3 Å². The van der Waals surface area contributed by atoms with Gasteiger partial charge in [0.2, 0.25) is 5.91 Å². The maximum absolute atomic E-state index is 10.9. The van der Waals surface area contributed by atoms with Crippen molar-refractivity contribution < 1.29 is 4.79 Å². The van der Waals surface area contributed by atoms with Gasteiger partial charge < -0.3 is 10.6 Å². The van der Waals surface area contributed by atoms with Crippen molar-refractivity contribution in [3.63, 3.8) is 0 Å². The van der Waals surface area contributed by atoms with Crippen LogP contribution in [-0.4, -0.2) is 10.9 Å². The number of nitrogens with zero attached hydrogens (tertiary/aromatic N) is 1. The molecule has 0 fully saturated rings. The van der Waals surface area contributed by atoms with Gasteiger partial charge in [-0.15, -0.1) is 11.3 Å². The van der Waals surface area contributed by atoms with Crippen LogP contribution in [0.25, 0.3) is 0 Å². The molecule has 1 amide bonds. The van der Waals surface area contributed by atoms with Gasteiger partial charge >= 0.3 is 0 Å². The first-order valence-electron chi connectivity index (χ1n) is 5.33. The van der Waals surface area contributed by atoms with Crippen molar-refractivity contribution in [1.29, 1.82) is 0 Å². The molecule has 2 rings (SSSR count). The van der Waals surface area contributed by atoms with Gasteiger partial charge in [-0.25, -0.2) is 4.98 Å². The number of thiazole rings is 1. The standard InChI is InChI=1S/C12H12BrN3OS/c1-8(17)16-9-2-3-12(11(13)4-9)14-5-10-6-18-7-15-10/h2-4,6-7,14H,5H2,1H3,(H,16,17). The first-order valence-corrected chi connectivity index (χ1v) is 7.07. The first-order chi connectivity index (χ1) is 8.65. The fraction of sp³-hybridized carbons (Fsp3) is 0.167. The smallest absolute Gasteiger partial charge is 0.221 e. The molecule has 1 aromatic carbocycles. The van der Waals surface area contributed by atoms with Crippen LogP contribution in [0.5, 0.6) is 0 Å². The van der Waals surface area contributed by atoms with Crippen molar-refractivity contribution in [2.45, 2.75) is 13.5 Å². The van der Waals surface area contributed by atoms with E-state index in [4.69, 9.17) is 0 Å². The Balaban J connectivity index is 2.03. The lowest BCUT2D eigenvalue weighted by atomic mass is 10.2. The highest BCUT2D eigenvalue weighted by atomic mass is 79.9. The number of hydrogen-bond acceptors (Lipinski definition) is 4. The molecule has 0 aliphatic rings. The van der Waals surface area contributed by atoms with Gasteiger partial charge in [0.1, 0.15) is 0 Å². The summed E-state index contributed by atoms with van der Waals surface area (Å²) in [6, 6.07) is 5.64. The summed E-state index contributed by atoms with van der Waals surface area (Å²) in [5.41, 5.74) is 4.56. The maximum atomic E-state index is 10.9. The van der Waals surface area contributed by atoms with Crippen LogP contribution in [0.4, 0.5) is 11.4 Å². The van der Waals surface area contributed by atoms with Gasteiger partial charge in [-0.2, -0.15) is 0 Å². The van der Waals surface area contributed by atoms with E-state index >= 15 is 0 Å². The molecular formula is C12H12BrN3OS. The highest BCUT2D eigenvalue weighted by Gasteiger charge is 2.03. The molecule has 2 aromatic rings. The van der Waals surface area contributed by atoms with E-state index in [9.17, 15) is 4.79 Å². The zero-order valence-electron chi connectivity index (χ0n) is 9.74. The van der Waals surface area contributed by atoms with Gasteiger partial charge in [0.15, 0.2) is 0 Å². The van der Waals surface area contributed by atoms with Crippen LogP contribution in [0.15, 0.2) is 33.6 Å². The number of carbonyl (C=O) groups excluding carboxylic acids is 1. The molecule has 0 saturated carbocycles. The number of rotatable bonds is 4. The molecule has 0 saturated heterocycles. The van der Waals surface area contributed by atoms with E-state index in [0.717, 1.165) is 21.5 Å². The third kappa shape index (κ3) is 3.54. The normalized spacial score (nSPS) is 10.1. The molecule has 0 radical (unpaired) electrons. The summed E-state index contributed by atoms with van der Waals surface area (Å²) in [5.74, 6) is -0.0786. The summed E-state index contributed by atoms with van der Waals surface area (Å²) in [4.78, 5) is 15.1. The molecule has 0 aliphatic heterocycles. The minimum atomic E-state index is -0.0786. The highest BCUT2D eigenvalue weighted by molar-refractivity contribution is 9.10. The molecule has 6 heteroatoms. The second-order valence-electron chi connectivity index (χ2n) is 3.71. The number of amides is 1. The van der Waals surface area contributed by atoms with E-state index in [-0.39, 0.29) is 5.91 Å². The fourth-order valence-electron chi connectivity index (χ4n) is 1.45. The Morgan fingerprint density at radius 1 is 1.50 bits per heavy atom. The number of benzene rings is 1. The summed E-state index contributed by atoms with van der Waals surface area (Å²) in [5, 5.41) is 8.02. The average Bonchev–Trinajstić information content (AvgIpc) is 2.80. The van der Waals surface area contributed by atoms with Gasteiger partial charge in [-0.3, -0.25) is 4.79 Å². The summed E-state index contributed by atoms with van der Waals surface area (Å²) >= 11 is 5.05. The van der Waals surface area contributed by atoms with Gasteiger partial charge in [0, 0.05) is 28.2 Å². The van der Waals surface area contributed by atoms with Crippen molar-refractivity contribution in [1.82, 2.24) is 4.98 Å². The Morgan fingerprint density at radius 2 is 2.33 bits per heavy atom. The number of carbonyl (C=O) groups is 1. The number of anilines is 2. The lowest BCUT2D eigenvalue weighted by Crippen LogP contribution is -2.06. The summed E-state index contributed by atoms with van der Waals surface area (Å²) in [6.07, 6.45) is 0. The van der Waals surface area contributed by atoms with Crippen LogP contribution in [0.2, 0.25) is 0 Å². The Bertz CT molecular complexity index is 542. The summed E-state index contributed by atoms with van der Waals surface area (Å²) in [7, 11) is 0. The van der Waals surface area contributed by atoms with E-state index in [2.05, 4.69) is 31.5 Å². The molecule has 1 aromatic heterocycles. The molecular weight excluding hydrogens is 314 g/mol. The van der Waals surface area contributed by atoms with Crippen LogP contribution in [0, 0.1) is 0 Å². The predicted octanol–water partition coefficient (Wildman–Crippen LogP) is 3.48.